The number of benzene rings is 1. The van der Waals surface area contributed by atoms with Crippen molar-refractivity contribution in [1.29, 1.82) is 0 Å². The maximum absolute atomic E-state index is 11.7. The van der Waals surface area contributed by atoms with E-state index in [1.54, 1.807) is 13.0 Å². The lowest BCUT2D eigenvalue weighted by molar-refractivity contribution is -0.145. The molecule has 0 aliphatic rings. The van der Waals surface area contributed by atoms with Gasteiger partial charge in [-0.15, -0.1) is 0 Å². The van der Waals surface area contributed by atoms with E-state index >= 15 is 0 Å². The number of esters is 1. The van der Waals surface area contributed by atoms with Crippen LogP contribution in [0.15, 0.2) is 30.3 Å². The molecule has 20 heavy (non-hydrogen) atoms. The predicted molar refractivity (Wildman–Crippen MR) is 76.4 cm³/mol. The second-order valence-corrected chi connectivity index (χ2v) is 4.37. The third-order valence-electron chi connectivity index (χ3n) is 2.80. The topological polar surface area (TPSA) is 68.3 Å². The molecule has 0 radical (unpaired) electrons. The summed E-state index contributed by atoms with van der Waals surface area (Å²) in [5.41, 5.74) is 1.82. The molecule has 0 atom stereocenters. The summed E-state index contributed by atoms with van der Waals surface area (Å²) in [5, 5.41) is 3.65. The highest BCUT2D eigenvalue weighted by atomic mass is 16.5. The van der Waals surface area contributed by atoms with E-state index < -0.39 is 11.9 Å². The van der Waals surface area contributed by atoms with Gasteiger partial charge in [-0.1, -0.05) is 18.2 Å². The molecule has 0 bridgehead atoms. The standard InChI is InChI=1S/C15H16N2O3/c1-3-20-15(19)9-14(18)17-13-8-10(2)11-6-4-5-7-12(11)16-13/h4-8H,3,9H2,1-2H3,(H,16,17,18). The van der Waals surface area contributed by atoms with E-state index in [1.807, 2.05) is 31.2 Å². The molecule has 1 N–H and O–H groups in total. The quantitative estimate of drug-likeness (QED) is 0.685. The van der Waals surface area contributed by atoms with Crippen LogP contribution in [0.5, 0.6) is 0 Å². The molecule has 0 saturated heterocycles. The predicted octanol–water partition coefficient (Wildman–Crippen LogP) is 2.43. The lowest BCUT2D eigenvalue weighted by Gasteiger charge is -2.08. The smallest absolute Gasteiger partial charge is 0.315 e. The first-order chi connectivity index (χ1) is 9.60. The van der Waals surface area contributed by atoms with Crippen LogP contribution in [-0.2, 0) is 14.3 Å². The Hall–Kier alpha value is -2.43. The van der Waals surface area contributed by atoms with Crippen LogP contribution in [-0.4, -0.2) is 23.5 Å². The largest absolute Gasteiger partial charge is 0.466 e. The number of nitrogens with one attached hydrogen (secondary N) is 1. The van der Waals surface area contributed by atoms with Gasteiger partial charge in [0.05, 0.1) is 12.1 Å². The minimum Gasteiger partial charge on any atom is -0.466 e. The lowest BCUT2D eigenvalue weighted by Crippen LogP contribution is -2.18. The zero-order chi connectivity index (χ0) is 14.5. The van der Waals surface area contributed by atoms with Crippen molar-refractivity contribution in [2.24, 2.45) is 0 Å². The Bertz CT molecular complexity index is 653. The molecule has 0 unspecified atom stereocenters. The van der Waals surface area contributed by atoms with Crippen molar-refractivity contribution in [3.63, 3.8) is 0 Å². The van der Waals surface area contributed by atoms with E-state index in [1.165, 1.54) is 0 Å². The van der Waals surface area contributed by atoms with Gasteiger partial charge in [0.2, 0.25) is 5.91 Å². The summed E-state index contributed by atoms with van der Waals surface area (Å²) in [6.45, 7) is 3.91. The number of aromatic nitrogens is 1. The van der Waals surface area contributed by atoms with Gasteiger partial charge in [0, 0.05) is 5.39 Å². The minimum absolute atomic E-state index is 0.263. The molecule has 0 aliphatic carbocycles. The third-order valence-corrected chi connectivity index (χ3v) is 2.80. The number of carbonyl (C=O) groups excluding carboxylic acids is 2. The van der Waals surface area contributed by atoms with Crippen molar-refractivity contribution in [3.8, 4) is 0 Å². The van der Waals surface area contributed by atoms with Gasteiger partial charge in [-0.2, -0.15) is 0 Å². The van der Waals surface area contributed by atoms with Crippen LogP contribution in [0.2, 0.25) is 0 Å². The van der Waals surface area contributed by atoms with Crippen molar-refractivity contribution in [3.05, 3.63) is 35.9 Å². The Balaban J connectivity index is 2.14. The van der Waals surface area contributed by atoms with Crippen LogP contribution in [0.3, 0.4) is 0 Å². The van der Waals surface area contributed by atoms with Gasteiger partial charge >= 0.3 is 5.97 Å². The van der Waals surface area contributed by atoms with Crippen LogP contribution in [0, 0.1) is 6.92 Å². The van der Waals surface area contributed by atoms with Crippen molar-refractivity contribution < 1.29 is 14.3 Å². The number of nitrogens with zero attached hydrogens (tertiary/aromatic N) is 1. The Labute approximate surface area is 117 Å². The highest BCUT2D eigenvalue weighted by Crippen LogP contribution is 2.19. The Morgan fingerprint density at radius 1 is 1.30 bits per heavy atom. The second kappa shape index (κ2) is 6.14. The molecule has 0 aliphatic heterocycles. The number of anilines is 1. The number of aryl methyl sites for hydroxylation is 1. The van der Waals surface area contributed by atoms with E-state index in [4.69, 9.17) is 4.74 Å². The molecule has 1 amide bonds. The molecule has 0 saturated carbocycles. The monoisotopic (exact) mass is 272 g/mol. The number of fused-ring (bicyclic) bond motifs is 1. The second-order valence-electron chi connectivity index (χ2n) is 4.37. The van der Waals surface area contributed by atoms with Gasteiger partial charge < -0.3 is 10.1 Å². The van der Waals surface area contributed by atoms with E-state index in [2.05, 4.69) is 10.3 Å². The third kappa shape index (κ3) is 3.32. The summed E-state index contributed by atoms with van der Waals surface area (Å²) in [7, 11) is 0. The zero-order valence-corrected chi connectivity index (χ0v) is 11.5. The van der Waals surface area contributed by atoms with E-state index in [-0.39, 0.29) is 13.0 Å². The first kappa shape index (κ1) is 14.0. The lowest BCUT2D eigenvalue weighted by atomic mass is 10.1. The van der Waals surface area contributed by atoms with Gasteiger partial charge in [0.25, 0.3) is 0 Å². The van der Waals surface area contributed by atoms with Crippen molar-refractivity contribution in [2.45, 2.75) is 20.3 Å². The summed E-state index contributed by atoms with van der Waals surface area (Å²) in [4.78, 5) is 27.3. The normalized spacial score (nSPS) is 10.3. The minimum atomic E-state index is -0.539. The molecule has 2 rings (SSSR count). The average Bonchev–Trinajstić information content (AvgIpc) is 2.38. The van der Waals surface area contributed by atoms with Crippen LogP contribution in [0.4, 0.5) is 5.82 Å². The maximum atomic E-state index is 11.7. The SMILES string of the molecule is CCOC(=O)CC(=O)Nc1cc(C)c2ccccc2n1. The fourth-order valence-corrected chi connectivity index (χ4v) is 1.94. The summed E-state index contributed by atoms with van der Waals surface area (Å²) in [5.74, 6) is -0.524. The number of pyridine rings is 1. The van der Waals surface area contributed by atoms with Gasteiger partial charge in [-0.05, 0) is 31.5 Å². The highest BCUT2D eigenvalue weighted by Gasteiger charge is 2.11. The highest BCUT2D eigenvalue weighted by molar-refractivity contribution is 6.02. The van der Waals surface area contributed by atoms with Crippen molar-refractivity contribution in [1.82, 2.24) is 4.98 Å². The zero-order valence-electron chi connectivity index (χ0n) is 11.5. The number of ether oxygens (including phenoxy) is 1. The Kier molecular flexibility index (Phi) is 4.30. The summed E-state index contributed by atoms with van der Waals surface area (Å²) in [6, 6.07) is 9.46. The van der Waals surface area contributed by atoms with E-state index in [0.717, 1.165) is 16.5 Å². The number of hydrogen-bond acceptors (Lipinski definition) is 4. The molecule has 5 nitrogen and oxygen atoms in total. The summed E-state index contributed by atoms with van der Waals surface area (Å²) in [6.07, 6.45) is -0.304. The van der Waals surface area contributed by atoms with Crippen LogP contribution >= 0.6 is 0 Å². The van der Waals surface area contributed by atoms with Gasteiger partial charge in [-0.3, -0.25) is 9.59 Å². The fraction of sp³-hybridized carbons (Fsp3) is 0.267. The number of rotatable bonds is 4. The van der Waals surface area contributed by atoms with Crippen LogP contribution in [0.25, 0.3) is 10.9 Å². The number of amides is 1. The van der Waals surface area contributed by atoms with Gasteiger partial charge in [-0.25, -0.2) is 4.98 Å². The van der Waals surface area contributed by atoms with Crippen molar-refractivity contribution >= 4 is 28.6 Å². The molecule has 1 heterocycles. The first-order valence-corrected chi connectivity index (χ1v) is 6.42. The molecule has 0 spiro atoms. The first-order valence-electron chi connectivity index (χ1n) is 6.42. The molecule has 1 aromatic carbocycles. The molecule has 104 valence electrons. The molecule has 0 fully saturated rings. The van der Waals surface area contributed by atoms with Crippen molar-refractivity contribution in [2.75, 3.05) is 11.9 Å². The molecule has 5 heteroatoms. The maximum Gasteiger partial charge on any atom is 0.315 e. The molecule has 2 aromatic rings. The number of carbonyl (C=O) groups is 2. The molecule has 1 aromatic heterocycles. The Morgan fingerprint density at radius 3 is 2.80 bits per heavy atom. The number of hydrogen-bond donors (Lipinski definition) is 1. The number of para-hydroxylation sites is 1. The van der Waals surface area contributed by atoms with Gasteiger partial charge in [0.15, 0.2) is 0 Å². The fourth-order valence-electron chi connectivity index (χ4n) is 1.94. The van der Waals surface area contributed by atoms with Crippen LogP contribution in [0.1, 0.15) is 18.9 Å². The van der Waals surface area contributed by atoms with E-state index in [0.29, 0.717) is 5.82 Å². The van der Waals surface area contributed by atoms with E-state index in [9.17, 15) is 9.59 Å². The molecular formula is C15H16N2O3. The van der Waals surface area contributed by atoms with Gasteiger partial charge in [0.1, 0.15) is 12.2 Å². The van der Waals surface area contributed by atoms with Crippen LogP contribution < -0.4 is 5.32 Å². The average molecular weight is 272 g/mol. The Morgan fingerprint density at radius 2 is 2.05 bits per heavy atom. The summed E-state index contributed by atoms with van der Waals surface area (Å²) >= 11 is 0. The summed E-state index contributed by atoms with van der Waals surface area (Å²) < 4.78 is 4.72. The molecular weight excluding hydrogens is 256 g/mol.